The first-order chi connectivity index (χ1) is 13.6. The molecule has 1 saturated carbocycles. The quantitative estimate of drug-likeness (QED) is 0.626. The molecule has 1 aliphatic rings. The first-order valence-electron chi connectivity index (χ1n) is 10.1. The third-order valence-corrected chi connectivity index (χ3v) is 5.88. The molecule has 0 saturated heterocycles. The number of amides is 1. The van der Waals surface area contributed by atoms with Gasteiger partial charge >= 0.3 is 0 Å². The van der Waals surface area contributed by atoms with Crippen molar-refractivity contribution in [2.45, 2.75) is 70.1 Å². The zero-order valence-corrected chi connectivity index (χ0v) is 17.7. The average molecular weight is 404 g/mol. The summed E-state index contributed by atoms with van der Waals surface area (Å²) in [4.78, 5) is 15.1. The van der Waals surface area contributed by atoms with E-state index in [1.807, 2.05) is 31.2 Å². The van der Waals surface area contributed by atoms with Crippen LogP contribution in [0.25, 0.3) is 5.69 Å². The highest BCUT2D eigenvalue weighted by Gasteiger charge is 2.28. The Morgan fingerprint density at radius 1 is 1.29 bits per heavy atom. The Morgan fingerprint density at radius 3 is 2.75 bits per heavy atom. The zero-order chi connectivity index (χ0) is 19.9. The van der Waals surface area contributed by atoms with E-state index in [1.54, 1.807) is 4.68 Å². The minimum Gasteiger partial charge on any atom is -0.492 e. The Bertz CT molecular complexity index is 773. The maximum absolute atomic E-state index is 13.0. The number of ether oxygens (including phenoxy) is 1. The molecule has 28 heavy (non-hydrogen) atoms. The molecule has 2 aromatic rings. The summed E-state index contributed by atoms with van der Waals surface area (Å²) in [6, 6.07) is 8.20. The molecule has 1 heterocycles. The number of tetrazole rings is 1. The van der Waals surface area contributed by atoms with Gasteiger partial charge in [0.2, 0.25) is 11.1 Å². The molecule has 1 aliphatic carbocycles. The van der Waals surface area contributed by atoms with E-state index in [4.69, 9.17) is 4.74 Å². The summed E-state index contributed by atoms with van der Waals surface area (Å²) in [5, 5.41) is 12.6. The van der Waals surface area contributed by atoms with Crippen LogP contribution in [-0.2, 0) is 4.79 Å². The van der Waals surface area contributed by atoms with Crippen molar-refractivity contribution in [3.05, 3.63) is 24.3 Å². The van der Waals surface area contributed by atoms with Gasteiger partial charge in [-0.1, -0.05) is 43.2 Å². The molecule has 152 valence electrons. The Morgan fingerprint density at radius 2 is 2.04 bits per heavy atom. The lowest BCUT2D eigenvalue weighted by Gasteiger charge is -2.37. The number of aromatic nitrogens is 4. The van der Waals surface area contributed by atoms with E-state index < -0.39 is 0 Å². The van der Waals surface area contributed by atoms with Gasteiger partial charge in [-0.25, -0.2) is 0 Å². The minimum absolute atomic E-state index is 0.152. The second kappa shape index (κ2) is 9.91. The molecule has 0 aliphatic heterocycles. The topological polar surface area (TPSA) is 73.1 Å². The van der Waals surface area contributed by atoms with Crippen molar-refractivity contribution in [3.8, 4) is 11.4 Å². The summed E-state index contributed by atoms with van der Waals surface area (Å²) in [6.07, 6.45) is 5.91. The maximum Gasteiger partial charge on any atom is 0.233 e. The highest BCUT2D eigenvalue weighted by Crippen LogP contribution is 2.28. The molecule has 3 rings (SSSR count). The zero-order valence-electron chi connectivity index (χ0n) is 16.9. The molecule has 0 N–H and O–H groups in total. The van der Waals surface area contributed by atoms with Crippen molar-refractivity contribution in [1.82, 2.24) is 25.1 Å². The number of rotatable bonds is 8. The molecule has 1 aromatic carbocycles. The monoisotopic (exact) mass is 403 g/mol. The minimum atomic E-state index is 0.152. The van der Waals surface area contributed by atoms with Crippen molar-refractivity contribution in [2.24, 2.45) is 0 Å². The normalized spacial score (nSPS) is 15.0. The predicted molar refractivity (Wildman–Crippen MR) is 110 cm³/mol. The van der Waals surface area contributed by atoms with Gasteiger partial charge in [0.25, 0.3) is 0 Å². The lowest BCUT2D eigenvalue weighted by atomic mass is 9.93. The second-order valence-electron chi connectivity index (χ2n) is 7.25. The van der Waals surface area contributed by atoms with Crippen molar-refractivity contribution >= 4 is 17.7 Å². The molecule has 0 bridgehead atoms. The Balaban J connectivity index is 1.71. The molecule has 1 aromatic heterocycles. The number of benzene rings is 1. The van der Waals surface area contributed by atoms with Crippen molar-refractivity contribution in [2.75, 3.05) is 12.4 Å². The highest BCUT2D eigenvalue weighted by atomic mass is 32.2. The van der Waals surface area contributed by atoms with Crippen LogP contribution >= 0.6 is 11.8 Å². The van der Waals surface area contributed by atoms with Crippen molar-refractivity contribution in [1.29, 1.82) is 0 Å². The number of hydrogen-bond donors (Lipinski definition) is 0. The molecule has 0 atom stereocenters. The lowest BCUT2D eigenvalue weighted by molar-refractivity contribution is -0.133. The molecule has 8 heteroatoms. The molecule has 1 amide bonds. The van der Waals surface area contributed by atoms with Gasteiger partial charge in [0, 0.05) is 12.1 Å². The van der Waals surface area contributed by atoms with E-state index >= 15 is 0 Å². The molecule has 0 spiro atoms. The summed E-state index contributed by atoms with van der Waals surface area (Å²) in [5.74, 6) is 1.20. The fraction of sp³-hybridized carbons (Fsp3) is 0.600. The van der Waals surface area contributed by atoms with Gasteiger partial charge in [-0.3, -0.25) is 4.79 Å². The fourth-order valence-corrected chi connectivity index (χ4v) is 4.56. The number of hydrogen-bond acceptors (Lipinski definition) is 6. The van der Waals surface area contributed by atoms with Crippen LogP contribution in [0.5, 0.6) is 5.75 Å². The first kappa shape index (κ1) is 20.6. The molecular weight excluding hydrogens is 374 g/mol. The van der Waals surface area contributed by atoms with E-state index in [9.17, 15) is 4.79 Å². The average Bonchev–Trinajstić information content (AvgIpc) is 3.16. The van der Waals surface area contributed by atoms with Gasteiger partial charge in [0.15, 0.2) is 0 Å². The number of carbonyl (C=O) groups is 1. The Labute approximate surface area is 170 Å². The van der Waals surface area contributed by atoms with Crippen LogP contribution in [0.1, 0.15) is 52.9 Å². The van der Waals surface area contributed by atoms with Crippen LogP contribution in [0, 0.1) is 0 Å². The highest BCUT2D eigenvalue weighted by molar-refractivity contribution is 7.99. The third kappa shape index (κ3) is 4.84. The smallest absolute Gasteiger partial charge is 0.233 e. The molecule has 0 unspecified atom stereocenters. The molecule has 1 fully saturated rings. The van der Waals surface area contributed by atoms with Crippen LogP contribution < -0.4 is 4.74 Å². The van der Waals surface area contributed by atoms with E-state index in [0.717, 1.165) is 24.3 Å². The van der Waals surface area contributed by atoms with Crippen molar-refractivity contribution < 1.29 is 9.53 Å². The van der Waals surface area contributed by atoms with E-state index in [1.165, 1.54) is 31.0 Å². The summed E-state index contributed by atoms with van der Waals surface area (Å²) in [7, 11) is 0. The van der Waals surface area contributed by atoms with E-state index in [2.05, 4.69) is 34.3 Å². The Hall–Kier alpha value is -2.09. The standard InChI is InChI=1S/C20H29N5O2S/c1-4-27-18-13-9-8-12-17(18)25-20(21-22-23-25)28-14-19(26)24(15(2)3)16-10-6-5-7-11-16/h8-9,12-13,15-16H,4-7,10-11,14H2,1-3H3. The summed E-state index contributed by atoms with van der Waals surface area (Å²) in [6.45, 7) is 6.69. The third-order valence-electron chi connectivity index (χ3n) is 4.97. The van der Waals surface area contributed by atoms with Crippen LogP contribution in [0.15, 0.2) is 29.4 Å². The predicted octanol–water partition coefficient (Wildman–Crippen LogP) is 3.72. The number of para-hydroxylation sites is 2. The van der Waals surface area contributed by atoms with E-state index in [-0.39, 0.29) is 11.9 Å². The van der Waals surface area contributed by atoms with Crippen LogP contribution in [-0.4, -0.2) is 55.5 Å². The lowest BCUT2D eigenvalue weighted by Crippen LogP contribution is -2.46. The largest absolute Gasteiger partial charge is 0.492 e. The SMILES string of the molecule is CCOc1ccccc1-n1nnnc1SCC(=O)N(C(C)C)C1CCCCC1. The van der Waals surface area contributed by atoms with Crippen molar-refractivity contribution in [3.63, 3.8) is 0 Å². The summed E-state index contributed by atoms with van der Waals surface area (Å²) >= 11 is 1.37. The van der Waals surface area contributed by atoms with Crippen LogP contribution in [0.4, 0.5) is 0 Å². The molecule has 0 radical (unpaired) electrons. The maximum atomic E-state index is 13.0. The fourth-order valence-electron chi connectivity index (χ4n) is 3.80. The summed E-state index contributed by atoms with van der Waals surface area (Å²) in [5.41, 5.74) is 0.775. The number of carbonyl (C=O) groups excluding carboxylic acids is 1. The van der Waals surface area contributed by atoms with E-state index in [0.29, 0.717) is 23.6 Å². The van der Waals surface area contributed by atoms with Gasteiger partial charge in [-0.15, -0.1) is 5.10 Å². The van der Waals surface area contributed by atoms with Crippen LogP contribution in [0.2, 0.25) is 0 Å². The Kier molecular flexibility index (Phi) is 7.30. The van der Waals surface area contributed by atoms with Gasteiger partial charge in [0.1, 0.15) is 11.4 Å². The number of thioether (sulfide) groups is 1. The van der Waals surface area contributed by atoms with Crippen LogP contribution in [0.3, 0.4) is 0 Å². The van der Waals surface area contributed by atoms with Gasteiger partial charge < -0.3 is 9.64 Å². The molecular formula is C20H29N5O2S. The number of nitrogens with zero attached hydrogens (tertiary/aromatic N) is 5. The van der Waals surface area contributed by atoms with Gasteiger partial charge in [-0.05, 0) is 56.2 Å². The summed E-state index contributed by atoms with van der Waals surface area (Å²) < 4.78 is 7.33. The molecule has 7 nitrogen and oxygen atoms in total. The second-order valence-corrected chi connectivity index (χ2v) is 8.19. The first-order valence-corrected chi connectivity index (χ1v) is 11.0. The van der Waals surface area contributed by atoms with Gasteiger partial charge in [-0.2, -0.15) is 4.68 Å². The van der Waals surface area contributed by atoms with Gasteiger partial charge in [0.05, 0.1) is 12.4 Å².